The molecule has 0 spiro atoms. The zero-order valence-corrected chi connectivity index (χ0v) is 25.2. The summed E-state index contributed by atoms with van der Waals surface area (Å²) in [5, 5.41) is -2.30. The molecule has 12 heteroatoms. The van der Waals surface area contributed by atoms with E-state index in [-0.39, 0.29) is 29.2 Å². The van der Waals surface area contributed by atoms with E-state index in [1.54, 1.807) is 25.1 Å². The number of hydrogen-bond donors (Lipinski definition) is 1. The molecule has 1 N–H and O–H groups in total. The van der Waals surface area contributed by atoms with E-state index >= 15 is 0 Å². The molecule has 0 heterocycles. The Kier molecular flexibility index (Phi) is 10.1. The van der Waals surface area contributed by atoms with Crippen molar-refractivity contribution >= 4 is 33.2 Å². The van der Waals surface area contributed by atoms with Gasteiger partial charge in [0.25, 0.3) is 0 Å². The van der Waals surface area contributed by atoms with Gasteiger partial charge in [-0.05, 0) is 44.9 Å². The number of unbranched alkanes of at least 4 members (excludes halogenated alkanes) is 2. The van der Waals surface area contributed by atoms with E-state index in [0.717, 1.165) is 11.6 Å². The lowest BCUT2D eigenvalue weighted by Crippen LogP contribution is -2.49. The van der Waals surface area contributed by atoms with Crippen LogP contribution >= 0.6 is 7.60 Å². The summed E-state index contributed by atoms with van der Waals surface area (Å²) in [4.78, 5) is 12.8. The van der Waals surface area contributed by atoms with Gasteiger partial charge in [-0.25, -0.2) is 16.8 Å². The predicted octanol–water partition coefficient (Wildman–Crippen LogP) is 5.47. The van der Waals surface area contributed by atoms with Crippen molar-refractivity contribution < 1.29 is 35.2 Å². The first-order valence-electron chi connectivity index (χ1n) is 13.0. The summed E-state index contributed by atoms with van der Waals surface area (Å²) in [7, 11) is -13.2. The Balaban J connectivity index is 2.42. The fourth-order valence-electron chi connectivity index (χ4n) is 4.10. The molecule has 0 fully saturated rings. The Bertz CT molecular complexity index is 1470. The van der Waals surface area contributed by atoms with Gasteiger partial charge in [-0.2, -0.15) is 4.72 Å². The second kappa shape index (κ2) is 12.6. The number of carbonyl (C=O) groups is 1. The van der Waals surface area contributed by atoms with E-state index in [4.69, 9.17) is 9.05 Å². The molecule has 9 nitrogen and oxygen atoms in total. The maximum absolute atomic E-state index is 14.8. The van der Waals surface area contributed by atoms with Crippen molar-refractivity contribution in [2.75, 3.05) is 19.0 Å². The van der Waals surface area contributed by atoms with E-state index in [1.165, 1.54) is 37.3 Å². The first-order valence-corrected chi connectivity index (χ1v) is 17.6. The number of sulfonamides is 1. The number of benzene rings is 2. The number of nitrogens with one attached hydrogen (secondary N) is 1. The number of aryl methyl sites for hydroxylation is 1. The second-order valence-electron chi connectivity index (χ2n) is 9.34. The molecule has 2 aromatic carbocycles. The third-order valence-corrected chi connectivity index (χ3v) is 12.1. The van der Waals surface area contributed by atoms with E-state index < -0.39 is 49.2 Å². The maximum atomic E-state index is 14.8. The van der Waals surface area contributed by atoms with Gasteiger partial charge in [0.1, 0.15) is 4.91 Å². The SMILES string of the molecule is CCCCOP(=O)(OCCCC)C1(NS(=O)(=O)CC)C=C(S(=O)(=O)c2ccc(C)cc2)C(=O)c2ccccc21. The molecule has 2 aromatic rings. The Morgan fingerprint density at radius 3 is 1.97 bits per heavy atom. The Morgan fingerprint density at radius 1 is 0.872 bits per heavy atom. The molecular weight excluding hydrogens is 561 g/mol. The van der Waals surface area contributed by atoms with Gasteiger partial charge < -0.3 is 9.05 Å². The topological polar surface area (TPSA) is 133 Å². The van der Waals surface area contributed by atoms with Crippen LogP contribution in [0.25, 0.3) is 0 Å². The molecule has 0 aliphatic heterocycles. The van der Waals surface area contributed by atoms with Crippen LogP contribution in [0.1, 0.15) is 67.9 Å². The average molecular weight is 598 g/mol. The van der Waals surface area contributed by atoms with Crippen LogP contribution in [0.15, 0.2) is 64.4 Å². The van der Waals surface area contributed by atoms with Gasteiger partial charge in [0.15, 0.2) is 5.28 Å². The van der Waals surface area contributed by atoms with Gasteiger partial charge in [0, 0.05) is 11.1 Å². The van der Waals surface area contributed by atoms with Crippen LogP contribution in [0.4, 0.5) is 0 Å². The van der Waals surface area contributed by atoms with Crippen molar-refractivity contribution in [1.29, 1.82) is 0 Å². The minimum atomic E-state index is -4.54. The highest BCUT2D eigenvalue weighted by atomic mass is 32.2. The highest BCUT2D eigenvalue weighted by Gasteiger charge is 2.58. The molecule has 3 rings (SSSR count). The zero-order valence-electron chi connectivity index (χ0n) is 22.7. The van der Waals surface area contributed by atoms with Crippen molar-refractivity contribution in [3.05, 3.63) is 76.2 Å². The van der Waals surface area contributed by atoms with Gasteiger partial charge >= 0.3 is 7.60 Å². The van der Waals surface area contributed by atoms with E-state index in [1.807, 2.05) is 13.8 Å². The lowest BCUT2D eigenvalue weighted by molar-refractivity contribution is 0.103. The minimum absolute atomic E-state index is 0.00575. The summed E-state index contributed by atoms with van der Waals surface area (Å²) < 4.78 is 83.0. The first kappa shape index (κ1) is 31.4. The van der Waals surface area contributed by atoms with Crippen molar-refractivity contribution in [3.8, 4) is 0 Å². The van der Waals surface area contributed by atoms with Gasteiger partial charge in [-0.1, -0.05) is 68.7 Å². The van der Waals surface area contributed by atoms with Gasteiger partial charge in [0.2, 0.25) is 25.6 Å². The fourth-order valence-corrected chi connectivity index (χ4v) is 9.27. The molecule has 0 aromatic heterocycles. The number of fused-ring (bicyclic) bond motifs is 1. The molecular formula is C27H36NO8PS2. The standard InChI is InChI=1S/C27H36NO8PS2/c1-5-8-18-35-37(30,36-19-9-6-2)27(28-38(31,32)7-3)20-25(26(29)23-12-10-11-13-24(23)27)39(33,34)22-16-14-21(4)15-17-22/h10-17,20,28H,5-9,18-19H2,1-4H3. The number of carbonyl (C=O) groups excluding carboxylic acids is 1. The van der Waals surface area contributed by atoms with E-state index in [9.17, 15) is 26.2 Å². The number of sulfone groups is 1. The lowest BCUT2D eigenvalue weighted by atomic mass is 9.92. The number of Topliss-reactive ketones (excluding diaryl/α,β-unsaturated/α-hetero) is 1. The molecule has 1 aliphatic carbocycles. The van der Waals surface area contributed by atoms with Crippen LogP contribution in [0.5, 0.6) is 0 Å². The minimum Gasteiger partial charge on any atom is -0.307 e. The summed E-state index contributed by atoms with van der Waals surface area (Å²) in [5.74, 6) is -1.24. The van der Waals surface area contributed by atoms with Crippen molar-refractivity contribution in [2.45, 2.75) is 63.6 Å². The average Bonchev–Trinajstić information content (AvgIpc) is 2.90. The number of allylic oxidation sites excluding steroid dienone is 1. The molecule has 0 amide bonds. The summed E-state index contributed by atoms with van der Waals surface area (Å²) in [6.45, 7) is 6.94. The third kappa shape index (κ3) is 6.45. The molecule has 0 saturated carbocycles. The number of ketones is 1. The van der Waals surface area contributed by atoms with Crippen LogP contribution in [-0.4, -0.2) is 41.6 Å². The van der Waals surface area contributed by atoms with Crippen molar-refractivity contribution in [3.63, 3.8) is 0 Å². The van der Waals surface area contributed by atoms with Gasteiger partial charge in [-0.15, -0.1) is 0 Å². The summed E-state index contributed by atoms with van der Waals surface area (Å²) in [6.07, 6.45) is 3.31. The smallest absolute Gasteiger partial charge is 0.307 e. The third-order valence-electron chi connectivity index (χ3n) is 6.41. The Labute approximate surface area is 231 Å². The normalized spacial score (nSPS) is 18.1. The molecule has 1 aliphatic rings. The molecule has 0 bridgehead atoms. The molecule has 39 heavy (non-hydrogen) atoms. The van der Waals surface area contributed by atoms with Gasteiger partial charge in [-0.3, -0.25) is 9.36 Å². The monoisotopic (exact) mass is 597 g/mol. The number of rotatable bonds is 14. The van der Waals surface area contributed by atoms with Crippen LogP contribution < -0.4 is 4.72 Å². The summed E-state index contributed by atoms with van der Waals surface area (Å²) in [6, 6.07) is 11.8. The van der Waals surface area contributed by atoms with Crippen LogP contribution in [0, 0.1) is 6.92 Å². The van der Waals surface area contributed by atoms with E-state index in [2.05, 4.69) is 4.72 Å². The molecule has 1 atom stereocenters. The second-order valence-corrected chi connectivity index (χ2v) is 15.5. The largest absolute Gasteiger partial charge is 0.360 e. The fraction of sp³-hybridized carbons (Fsp3) is 0.444. The van der Waals surface area contributed by atoms with Crippen molar-refractivity contribution in [1.82, 2.24) is 4.72 Å². The first-order chi connectivity index (χ1) is 18.4. The molecule has 1 unspecified atom stereocenters. The highest BCUT2D eigenvalue weighted by molar-refractivity contribution is 7.96. The van der Waals surface area contributed by atoms with Crippen molar-refractivity contribution in [2.24, 2.45) is 0 Å². The molecule has 214 valence electrons. The zero-order chi connectivity index (χ0) is 28.9. The molecule has 0 saturated heterocycles. The van der Waals surface area contributed by atoms with E-state index in [0.29, 0.717) is 25.7 Å². The van der Waals surface area contributed by atoms with Crippen LogP contribution in [0.3, 0.4) is 0 Å². The maximum Gasteiger partial charge on any atom is 0.360 e. The number of hydrogen-bond acceptors (Lipinski definition) is 8. The molecule has 0 radical (unpaired) electrons. The van der Waals surface area contributed by atoms with Gasteiger partial charge in [0.05, 0.1) is 23.9 Å². The van der Waals surface area contributed by atoms with Crippen LogP contribution in [-0.2, 0) is 38.8 Å². The summed E-state index contributed by atoms with van der Waals surface area (Å²) in [5.41, 5.74) is 0.709. The lowest BCUT2D eigenvalue weighted by Gasteiger charge is -2.40. The van der Waals surface area contributed by atoms with Crippen LogP contribution in [0.2, 0.25) is 0 Å². The highest BCUT2D eigenvalue weighted by Crippen LogP contribution is 2.67. The quantitative estimate of drug-likeness (QED) is 0.224. The predicted molar refractivity (Wildman–Crippen MR) is 151 cm³/mol. The Morgan fingerprint density at radius 2 is 1.44 bits per heavy atom. The summed E-state index contributed by atoms with van der Waals surface area (Å²) >= 11 is 0. The Hall–Kier alpha value is -2.14.